The highest BCUT2D eigenvalue weighted by Gasteiger charge is 2.00. The maximum absolute atomic E-state index is 12.8. The van der Waals surface area contributed by atoms with Crippen molar-refractivity contribution in [2.24, 2.45) is 0 Å². The molecule has 0 unspecified atom stereocenters. The quantitative estimate of drug-likeness (QED) is 0.427. The monoisotopic (exact) mass is 371 g/mol. The smallest absolute Gasteiger partial charge is 0.262 e. The van der Waals surface area contributed by atoms with E-state index in [0.29, 0.717) is 12.5 Å². The van der Waals surface area contributed by atoms with E-state index in [9.17, 15) is 9.18 Å². The Morgan fingerprint density at radius 1 is 1.08 bits per heavy atom. The zero-order valence-corrected chi connectivity index (χ0v) is 15.6. The molecule has 0 aliphatic heterocycles. The first-order chi connectivity index (χ1) is 12.4. The van der Waals surface area contributed by atoms with Crippen LogP contribution in [0.3, 0.4) is 0 Å². The third kappa shape index (κ3) is 6.64. The summed E-state index contributed by atoms with van der Waals surface area (Å²) < 4.78 is 12.8. The molecule has 0 saturated carbocycles. The number of hydrogen-bond donors (Lipinski definition) is 3. The average Bonchev–Trinajstić information content (AvgIpc) is 2.64. The largest absolute Gasteiger partial charge is 0.357 e. The van der Waals surface area contributed by atoms with Crippen LogP contribution in [0, 0.1) is 5.82 Å². The molecule has 0 spiro atoms. The van der Waals surface area contributed by atoms with Crippen LogP contribution < -0.4 is 16.2 Å². The van der Waals surface area contributed by atoms with E-state index in [-0.39, 0.29) is 16.8 Å². The summed E-state index contributed by atoms with van der Waals surface area (Å²) >= 11 is 5.08. The van der Waals surface area contributed by atoms with Crippen LogP contribution in [0.5, 0.6) is 0 Å². The number of carbonyl (C=O) groups excluding carboxylic acids is 1. The lowest BCUT2D eigenvalue weighted by Crippen LogP contribution is -2.45. The van der Waals surface area contributed by atoms with Crippen LogP contribution in [0.15, 0.2) is 54.6 Å². The van der Waals surface area contributed by atoms with Gasteiger partial charge in [0.15, 0.2) is 5.11 Å². The molecule has 0 aliphatic rings. The van der Waals surface area contributed by atoms with Crippen LogP contribution in [-0.4, -0.2) is 11.0 Å². The Morgan fingerprint density at radius 3 is 2.35 bits per heavy atom. The van der Waals surface area contributed by atoms with Crippen molar-refractivity contribution in [3.8, 4) is 0 Å². The zero-order valence-electron chi connectivity index (χ0n) is 14.8. The molecule has 6 heteroatoms. The van der Waals surface area contributed by atoms with Gasteiger partial charge in [0.2, 0.25) is 0 Å². The lowest BCUT2D eigenvalue weighted by molar-refractivity contribution is -0.116. The minimum Gasteiger partial charge on any atom is -0.357 e. The molecule has 0 aromatic heterocycles. The lowest BCUT2D eigenvalue weighted by Gasteiger charge is -2.10. The molecule has 3 N–H and O–H groups in total. The highest BCUT2D eigenvalue weighted by Crippen LogP contribution is 2.15. The second-order valence-electron chi connectivity index (χ2n) is 6.08. The first kappa shape index (κ1) is 19.6. The summed E-state index contributed by atoms with van der Waals surface area (Å²) in [5, 5.41) is 3.20. The minimum absolute atomic E-state index is 0.275. The normalized spacial score (nSPS) is 10.8. The number of carbonyl (C=O) groups is 1. The van der Waals surface area contributed by atoms with Gasteiger partial charge in [0.1, 0.15) is 5.82 Å². The minimum atomic E-state index is -0.316. The number of rotatable bonds is 5. The van der Waals surface area contributed by atoms with Crippen LogP contribution in [-0.2, 0) is 11.3 Å². The Hall–Kier alpha value is -2.73. The first-order valence-electron chi connectivity index (χ1n) is 8.30. The van der Waals surface area contributed by atoms with Gasteiger partial charge < -0.3 is 5.32 Å². The van der Waals surface area contributed by atoms with Crippen LogP contribution in [0.4, 0.5) is 4.39 Å². The van der Waals surface area contributed by atoms with Gasteiger partial charge in [-0.3, -0.25) is 15.6 Å². The van der Waals surface area contributed by atoms with Crippen molar-refractivity contribution >= 4 is 29.3 Å². The summed E-state index contributed by atoms with van der Waals surface area (Å²) in [6.45, 7) is 4.70. The molecule has 2 aromatic rings. The molecule has 0 aliphatic carbocycles. The van der Waals surface area contributed by atoms with Gasteiger partial charge >= 0.3 is 0 Å². The molecule has 0 atom stereocenters. The van der Waals surface area contributed by atoms with Gasteiger partial charge in [-0.1, -0.05) is 50.2 Å². The Labute approximate surface area is 158 Å². The molecule has 26 heavy (non-hydrogen) atoms. The number of nitrogens with one attached hydrogen (secondary N) is 3. The highest BCUT2D eigenvalue weighted by molar-refractivity contribution is 7.80. The average molecular weight is 371 g/mol. The van der Waals surface area contributed by atoms with Gasteiger partial charge in [-0.05, 0) is 53.0 Å². The van der Waals surface area contributed by atoms with Gasteiger partial charge in [0.05, 0.1) is 0 Å². The molecule has 0 heterocycles. The standard InChI is InChI=1S/C20H22FN3OS/c1-14(2)17-8-3-15(4-9-17)7-12-19(25)23-24-20(26)22-13-16-5-10-18(21)11-6-16/h3-12,14H,13H2,1-2H3,(H,23,25)(H2,22,24,26)/b12-7+. The Balaban J connectivity index is 1.73. The molecule has 0 radical (unpaired) electrons. The number of hydrogen-bond acceptors (Lipinski definition) is 2. The van der Waals surface area contributed by atoms with E-state index in [0.717, 1.165) is 11.1 Å². The summed E-state index contributed by atoms with van der Waals surface area (Å²) in [5.74, 6) is -0.125. The summed E-state index contributed by atoms with van der Waals surface area (Å²) in [4.78, 5) is 11.8. The van der Waals surface area contributed by atoms with E-state index in [1.54, 1.807) is 18.2 Å². The molecule has 2 rings (SSSR count). The van der Waals surface area contributed by atoms with Crippen LogP contribution in [0.2, 0.25) is 0 Å². The summed E-state index contributed by atoms with van der Waals surface area (Å²) in [6, 6.07) is 14.1. The Morgan fingerprint density at radius 2 is 1.73 bits per heavy atom. The molecule has 0 saturated heterocycles. The number of hydrazine groups is 1. The topological polar surface area (TPSA) is 53.2 Å². The highest BCUT2D eigenvalue weighted by atomic mass is 32.1. The summed E-state index contributed by atoms with van der Waals surface area (Å²) in [7, 11) is 0. The fourth-order valence-electron chi connectivity index (χ4n) is 2.15. The molecular weight excluding hydrogens is 349 g/mol. The number of benzene rings is 2. The van der Waals surface area contributed by atoms with E-state index >= 15 is 0 Å². The third-order valence-corrected chi connectivity index (χ3v) is 3.94. The SMILES string of the molecule is CC(C)c1ccc(/C=C/C(=O)NNC(=S)NCc2ccc(F)cc2)cc1. The van der Waals surface area contributed by atoms with Crippen molar-refractivity contribution in [3.63, 3.8) is 0 Å². The van der Waals surface area contributed by atoms with E-state index in [2.05, 4.69) is 42.1 Å². The number of amides is 1. The van der Waals surface area contributed by atoms with Gasteiger partial charge in [0.25, 0.3) is 5.91 Å². The first-order valence-corrected chi connectivity index (χ1v) is 8.71. The third-order valence-electron chi connectivity index (χ3n) is 3.70. The van der Waals surface area contributed by atoms with E-state index in [4.69, 9.17) is 12.2 Å². The van der Waals surface area contributed by atoms with Crippen LogP contribution in [0.1, 0.15) is 36.5 Å². The molecule has 1 amide bonds. The fraction of sp³-hybridized carbons (Fsp3) is 0.200. The van der Waals surface area contributed by atoms with Gasteiger partial charge in [-0.25, -0.2) is 4.39 Å². The maximum Gasteiger partial charge on any atom is 0.262 e. The van der Waals surface area contributed by atoms with Crippen molar-refractivity contribution < 1.29 is 9.18 Å². The molecular formula is C20H22FN3OS. The van der Waals surface area contributed by atoms with Gasteiger partial charge in [0, 0.05) is 12.6 Å². The van der Waals surface area contributed by atoms with Crippen molar-refractivity contribution in [1.82, 2.24) is 16.2 Å². The predicted molar refractivity (Wildman–Crippen MR) is 107 cm³/mol. The van der Waals surface area contributed by atoms with E-state index in [1.165, 1.54) is 23.8 Å². The Kier molecular flexibility index (Phi) is 7.29. The second kappa shape index (κ2) is 9.68. The summed E-state index contributed by atoms with van der Waals surface area (Å²) in [5.41, 5.74) is 8.19. The fourth-order valence-corrected chi connectivity index (χ4v) is 2.28. The number of thiocarbonyl (C=S) groups is 1. The molecule has 2 aromatic carbocycles. The van der Waals surface area contributed by atoms with Crippen molar-refractivity contribution in [1.29, 1.82) is 0 Å². The molecule has 136 valence electrons. The van der Waals surface area contributed by atoms with Crippen molar-refractivity contribution in [3.05, 3.63) is 77.1 Å². The van der Waals surface area contributed by atoms with E-state index in [1.807, 2.05) is 12.1 Å². The predicted octanol–water partition coefficient (Wildman–Crippen LogP) is 3.66. The van der Waals surface area contributed by atoms with Gasteiger partial charge in [-0.2, -0.15) is 0 Å². The van der Waals surface area contributed by atoms with Crippen LogP contribution >= 0.6 is 12.2 Å². The maximum atomic E-state index is 12.8. The molecule has 0 fully saturated rings. The second-order valence-corrected chi connectivity index (χ2v) is 6.49. The van der Waals surface area contributed by atoms with Gasteiger partial charge in [-0.15, -0.1) is 0 Å². The van der Waals surface area contributed by atoms with E-state index < -0.39 is 0 Å². The van der Waals surface area contributed by atoms with Crippen molar-refractivity contribution in [2.45, 2.75) is 26.3 Å². The van der Waals surface area contributed by atoms with Crippen LogP contribution in [0.25, 0.3) is 6.08 Å². The molecule has 4 nitrogen and oxygen atoms in total. The van der Waals surface area contributed by atoms with Crippen molar-refractivity contribution in [2.75, 3.05) is 0 Å². The molecule has 0 bridgehead atoms. The number of halogens is 1. The Bertz CT molecular complexity index is 771. The summed E-state index contributed by atoms with van der Waals surface area (Å²) in [6.07, 6.45) is 3.16. The zero-order chi connectivity index (χ0) is 18.9. The lowest BCUT2D eigenvalue weighted by atomic mass is 10.0.